The normalized spacial score (nSPS) is 15.6. The van der Waals surface area contributed by atoms with E-state index in [1.165, 1.54) is 0 Å². The molecule has 0 aliphatic carbocycles. The van der Waals surface area contributed by atoms with Crippen molar-refractivity contribution in [3.8, 4) is 0 Å². The fourth-order valence-corrected chi connectivity index (χ4v) is 1.53. The summed E-state index contributed by atoms with van der Waals surface area (Å²) in [5, 5.41) is 27.1. The number of aliphatic hydroxyl groups is 1. The molecule has 0 spiro atoms. The lowest BCUT2D eigenvalue weighted by Gasteiger charge is -2.13. The molecule has 0 aliphatic heterocycles. The van der Waals surface area contributed by atoms with Crippen LogP contribution in [0.2, 0.25) is 0 Å². The zero-order valence-electron chi connectivity index (χ0n) is 8.57. The quantitative estimate of drug-likeness (QED) is 0.340. The minimum absolute atomic E-state index is 0.851. The van der Waals surface area contributed by atoms with Gasteiger partial charge in [0.1, 0.15) is 18.6 Å². The van der Waals surface area contributed by atoms with E-state index in [0.717, 1.165) is 0 Å². The molecule has 1 unspecified atom stereocenters. The van der Waals surface area contributed by atoms with Crippen molar-refractivity contribution in [3.63, 3.8) is 0 Å². The summed E-state index contributed by atoms with van der Waals surface area (Å²) in [6.45, 7) is 0. The van der Waals surface area contributed by atoms with Crippen molar-refractivity contribution in [1.29, 1.82) is 0 Å². The number of nitrogens with one attached hydrogen (secondary N) is 1. The third kappa shape index (κ3) is 6.67. The number of carboxylic acid groups (broad SMARTS) is 2. The second-order valence-corrected chi connectivity index (χ2v) is 5.49. The van der Waals surface area contributed by atoms with E-state index in [2.05, 4.69) is 0 Å². The van der Waals surface area contributed by atoms with E-state index < -0.39 is 50.2 Å². The van der Waals surface area contributed by atoms with Crippen LogP contribution >= 0.6 is 7.37 Å². The zero-order valence-corrected chi connectivity index (χ0v) is 9.46. The number of carbonyl (C=O) groups excluding carboxylic acids is 1. The highest BCUT2D eigenvalue weighted by Gasteiger charge is 2.27. The molecule has 98 valence electrons. The van der Waals surface area contributed by atoms with Crippen molar-refractivity contribution in [3.05, 3.63) is 0 Å². The predicted octanol–water partition coefficient (Wildman–Crippen LogP) is -1.75. The fourth-order valence-electron chi connectivity index (χ4n) is 0.889. The van der Waals surface area contributed by atoms with E-state index in [4.69, 9.17) is 20.2 Å². The Bertz CT molecular complexity index is 367. The first kappa shape index (κ1) is 15.6. The van der Waals surface area contributed by atoms with Gasteiger partial charge in [-0.3, -0.25) is 14.2 Å². The molecule has 0 bridgehead atoms. The number of aliphatic hydroxyl groups excluding tert-OH is 1. The van der Waals surface area contributed by atoms with Crippen molar-refractivity contribution in [2.24, 2.45) is 0 Å². The maximum atomic E-state index is 11.1. The Balaban J connectivity index is 4.47. The highest BCUT2D eigenvalue weighted by Crippen LogP contribution is 2.38. The minimum Gasteiger partial charge on any atom is -0.481 e. The standard InChI is InChI=1S/C7H12NO8P/c9-3-17(15,16)2-5(10)8-4(7(13)14)1-6(11)12/h4,9H,1-3H2,(H,8,10)(H,11,12)(H,13,14)(H,15,16)/t4-/m0/s1. The number of rotatable bonds is 7. The Hall–Kier alpha value is -1.44. The van der Waals surface area contributed by atoms with Gasteiger partial charge in [-0.25, -0.2) is 4.79 Å². The van der Waals surface area contributed by atoms with E-state index in [0.29, 0.717) is 0 Å². The topological polar surface area (TPSA) is 161 Å². The van der Waals surface area contributed by atoms with Crippen molar-refractivity contribution in [2.45, 2.75) is 12.5 Å². The van der Waals surface area contributed by atoms with Crippen molar-refractivity contribution in [1.82, 2.24) is 5.32 Å². The molecule has 1 amide bonds. The van der Waals surface area contributed by atoms with Crippen LogP contribution in [0.15, 0.2) is 0 Å². The van der Waals surface area contributed by atoms with Crippen LogP contribution < -0.4 is 5.32 Å². The van der Waals surface area contributed by atoms with Gasteiger partial charge in [0.25, 0.3) is 0 Å². The molecule has 0 saturated carbocycles. The first-order chi connectivity index (χ1) is 7.68. The van der Waals surface area contributed by atoms with Crippen LogP contribution in [0.3, 0.4) is 0 Å². The van der Waals surface area contributed by atoms with Gasteiger partial charge in [0, 0.05) is 0 Å². The second kappa shape index (κ2) is 6.33. The lowest BCUT2D eigenvalue weighted by atomic mass is 10.2. The molecule has 5 N–H and O–H groups in total. The molecule has 0 saturated heterocycles. The molecule has 0 radical (unpaired) electrons. The Morgan fingerprint density at radius 1 is 1.24 bits per heavy atom. The highest BCUT2D eigenvalue weighted by atomic mass is 31.2. The van der Waals surface area contributed by atoms with Gasteiger partial charge >= 0.3 is 11.9 Å². The van der Waals surface area contributed by atoms with Crippen LogP contribution in [-0.4, -0.2) is 56.6 Å². The number of carbonyl (C=O) groups is 3. The molecule has 0 heterocycles. The maximum Gasteiger partial charge on any atom is 0.326 e. The van der Waals surface area contributed by atoms with Crippen LogP contribution in [0.1, 0.15) is 6.42 Å². The highest BCUT2D eigenvalue weighted by molar-refractivity contribution is 7.58. The van der Waals surface area contributed by atoms with Gasteiger partial charge in [-0.2, -0.15) is 0 Å². The molecule has 0 rings (SSSR count). The summed E-state index contributed by atoms with van der Waals surface area (Å²) >= 11 is 0. The summed E-state index contributed by atoms with van der Waals surface area (Å²) in [5.41, 5.74) is 0. The van der Waals surface area contributed by atoms with Crippen LogP contribution in [0.25, 0.3) is 0 Å². The van der Waals surface area contributed by atoms with Gasteiger partial charge < -0.3 is 25.5 Å². The Kier molecular flexibility index (Phi) is 5.80. The minimum atomic E-state index is -4.05. The number of carboxylic acids is 2. The van der Waals surface area contributed by atoms with Crippen molar-refractivity contribution in [2.75, 3.05) is 12.5 Å². The summed E-state index contributed by atoms with van der Waals surface area (Å²) in [7, 11) is -4.05. The summed E-state index contributed by atoms with van der Waals surface area (Å²) in [6, 6.07) is -1.68. The smallest absolute Gasteiger partial charge is 0.326 e. The third-order valence-corrected chi connectivity index (χ3v) is 2.85. The van der Waals surface area contributed by atoms with Gasteiger partial charge in [0.2, 0.25) is 13.3 Å². The summed E-state index contributed by atoms with van der Waals surface area (Å²) < 4.78 is 10.9. The molecule has 0 aromatic heterocycles. The Morgan fingerprint density at radius 2 is 1.76 bits per heavy atom. The average Bonchev–Trinajstić information content (AvgIpc) is 2.15. The van der Waals surface area contributed by atoms with E-state index in [1.54, 1.807) is 5.32 Å². The number of amides is 1. The largest absolute Gasteiger partial charge is 0.481 e. The molecule has 17 heavy (non-hydrogen) atoms. The SMILES string of the molecule is O=C(O)C[C@H](NC(=O)CP(=O)(O)CO)C(=O)O. The molecule has 10 heteroatoms. The van der Waals surface area contributed by atoms with Gasteiger partial charge in [-0.15, -0.1) is 0 Å². The zero-order chi connectivity index (χ0) is 13.6. The van der Waals surface area contributed by atoms with Crippen LogP contribution in [0.5, 0.6) is 0 Å². The number of hydrogen-bond donors (Lipinski definition) is 5. The summed E-state index contributed by atoms with van der Waals surface area (Å²) in [4.78, 5) is 40.8. The van der Waals surface area contributed by atoms with Crippen molar-refractivity contribution < 1.29 is 39.2 Å². The monoisotopic (exact) mass is 269 g/mol. The first-order valence-electron chi connectivity index (χ1n) is 4.33. The fraction of sp³-hybridized carbons (Fsp3) is 0.571. The molecule has 0 aromatic carbocycles. The molecule has 0 aromatic rings. The van der Waals surface area contributed by atoms with E-state index in [9.17, 15) is 18.9 Å². The predicted molar refractivity (Wildman–Crippen MR) is 53.6 cm³/mol. The number of aliphatic carboxylic acids is 2. The molecule has 9 nitrogen and oxygen atoms in total. The molecule has 0 fully saturated rings. The molecule has 2 atom stereocenters. The van der Waals surface area contributed by atoms with E-state index >= 15 is 0 Å². The maximum absolute atomic E-state index is 11.1. The van der Waals surface area contributed by atoms with E-state index in [1.807, 2.05) is 0 Å². The molecular weight excluding hydrogens is 257 g/mol. The second-order valence-electron chi connectivity index (χ2n) is 3.20. The molecular formula is C7H12NO8P. The van der Waals surface area contributed by atoms with Crippen LogP contribution in [-0.2, 0) is 18.9 Å². The van der Waals surface area contributed by atoms with Crippen LogP contribution in [0.4, 0.5) is 0 Å². The van der Waals surface area contributed by atoms with Gasteiger partial charge in [0.05, 0.1) is 6.42 Å². The van der Waals surface area contributed by atoms with Gasteiger partial charge in [-0.05, 0) is 0 Å². The van der Waals surface area contributed by atoms with E-state index in [-0.39, 0.29) is 0 Å². The lowest BCUT2D eigenvalue weighted by Crippen LogP contribution is -2.43. The first-order valence-corrected chi connectivity index (χ1v) is 6.36. The summed E-state index contributed by atoms with van der Waals surface area (Å²) in [5.74, 6) is -4.12. The Labute approximate surface area is 95.5 Å². The lowest BCUT2D eigenvalue weighted by molar-refractivity contribution is -0.147. The average molecular weight is 269 g/mol. The Morgan fingerprint density at radius 3 is 2.12 bits per heavy atom. The van der Waals surface area contributed by atoms with Crippen LogP contribution in [0, 0.1) is 0 Å². The van der Waals surface area contributed by atoms with Crippen molar-refractivity contribution >= 4 is 25.2 Å². The summed E-state index contributed by atoms with van der Waals surface area (Å²) in [6.07, 6.45) is -2.93. The number of hydrogen-bond acceptors (Lipinski definition) is 5. The molecule has 0 aliphatic rings. The van der Waals surface area contributed by atoms with Gasteiger partial charge in [0.15, 0.2) is 0 Å². The third-order valence-electron chi connectivity index (χ3n) is 1.62. The van der Waals surface area contributed by atoms with Gasteiger partial charge in [-0.1, -0.05) is 0 Å².